The highest BCUT2D eigenvalue weighted by molar-refractivity contribution is 7.15. The van der Waals surface area contributed by atoms with Gasteiger partial charge in [0.1, 0.15) is 29.7 Å². The lowest BCUT2D eigenvalue weighted by molar-refractivity contribution is -0.120. The van der Waals surface area contributed by atoms with Crippen molar-refractivity contribution in [3.05, 3.63) is 99.0 Å². The highest BCUT2D eigenvalue weighted by Crippen LogP contribution is 2.22. The van der Waals surface area contributed by atoms with Crippen molar-refractivity contribution in [3.8, 4) is 11.5 Å². The summed E-state index contributed by atoms with van der Waals surface area (Å²) in [7, 11) is 0. The summed E-state index contributed by atoms with van der Waals surface area (Å²) in [6.07, 6.45) is 1.40. The van der Waals surface area contributed by atoms with Gasteiger partial charge in [0.05, 0.1) is 12.6 Å². The summed E-state index contributed by atoms with van der Waals surface area (Å²) in [6.45, 7) is 4.52. The third kappa shape index (κ3) is 8.36. The molecule has 0 saturated carbocycles. The minimum Gasteiger partial charge on any atom is -0.490 e. The fourth-order valence-corrected chi connectivity index (χ4v) is 4.40. The molecule has 0 atom stereocenters. The molecule has 0 aliphatic rings. The number of carbonyl (C=O) groups excluding carboxylic acids is 2. The fraction of sp³-hybridized carbons (Fsp3) is 0.179. The largest absolute Gasteiger partial charge is 0.490 e. The lowest BCUT2D eigenvalue weighted by Gasteiger charge is -2.11. The Hall–Kier alpha value is -4.28. The molecule has 4 rings (SSSR count). The highest BCUT2D eigenvalue weighted by atomic mass is 35.5. The maximum absolute atomic E-state index is 12.5. The molecule has 39 heavy (non-hydrogen) atoms. The summed E-state index contributed by atoms with van der Waals surface area (Å²) in [5, 5.41) is 15.9. The lowest BCUT2D eigenvalue weighted by Crippen LogP contribution is -2.19. The molecule has 9 nitrogen and oxygen atoms in total. The zero-order valence-corrected chi connectivity index (χ0v) is 22.9. The number of carbonyl (C=O) groups is 2. The molecule has 0 unspecified atom stereocenters. The third-order valence-electron chi connectivity index (χ3n) is 5.35. The maximum atomic E-state index is 12.5. The number of nitrogens with one attached hydrogen (secondary N) is 2. The van der Waals surface area contributed by atoms with Crippen LogP contribution in [-0.4, -0.2) is 41.4 Å². The molecule has 2 amide bonds. The Labute approximate surface area is 234 Å². The van der Waals surface area contributed by atoms with Crippen LogP contribution in [-0.2, 0) is 11.2 Å². The van der Waals surface area contributed by atoms with E-state index in [9.17, 15) is 9.59 Å². The van der Waals surface area contributed by atoms with Crippen LogP contribution in [0.1, 0.15) is 32.1 Å². The highest BCUT2D eigenvalue weighted by Gasteiger charge is 2.14. The second kappa shape index (κ2) is 13.5. The van der Waals surface area contributed by atoms with E-state index < -0.39 is 5.91 Å². The fourth-order valence-electron chi connectivity index (χ4n) is 3.49. The standard InChI is InChI=1S/C28H26ClN5O4S/c1-18-6-5-8-22(14-18)37-12-13-38-24-11-10-21(29)15-20(24)17-30-32-25(35)16-26-33-34-28(39-26)31-27(36)23-9-4-3-7-19(23)2/h3-11,14-15,17H,12-13,16H2,1-2H3,(H,32,35)(H,31,34,36)/b30-17-. The number of benzene rings is 3. The summed E-state index contributed by atoms with van der Waals surface area (Å²) in [6, 6.07) is 20.1. The van der Waals surface area contributed by atoms with Crippen molar-refractivity contribution in [3.63, 3.8) is 0 Å². The first-order valence-electron chi connectivity index (χ1n) is 12.0. The van der Waals surface area contributed by atoms with Crippen molar-refractivity contribution >= 4 is 46.1 Å². The second-order valence-electron chi connectivity index (χ2n) is 8.44. The van der Waals surface area contributed by atoms with Crippen molar-refractivity contribution in [2.24, 2.45) is 5.10 Å². The van der Waals surface area contributed by atoms with Crippen molar-refractivity contribution in [1.29, 1.82) is 0 Å². The Morgan fingerprint density at radius 2 is 1.82 bits per heavy atom. The number of nitrogens with zero attached hydrogens (tertiary/aromatic N) is 3. The van der Waals surface area contributed by atoms with Gasteiger partial charge in [0.15, 0.2) is 0 Å². The number of aromatic nitrogens is 2. The third-order valence-corrected chi connectivity index (χ3v) is 6.43. The Balaban J connectivity index is 1.27. The Bertz CT molecular complexity index is 1490. The van der Waals surface area contributed by atoms with E-state index in [2.05, 4.69) is 26.0 Å². The van der Waals surface area contributed by atoms with Crippen LogP contribution in [0.15, 0.2) is 71.8 Å². The number of anilines is 1. The number of aryl methyl sites for hydroxylation is 2. The smallest absolute Gasteiger partial charge is 0.257 e. The normalized spacial score (nSPS) is 10.8. The van der Waals surface area contributed by atoms with Crippen molar-refractivity contribution in [2.75, 3.05) is 18.5 Å². The van der Waals surface area contributed by atoms with Crippen LogP contribution >= 0.6 is 22.9 Å². The molecule has 1 aromatic heterocycles. The summed E-state index contributed by atoms with van der Waals surface area (Å²) in [5.74, 6) is 0.639. The molecule has 0 bridgehead atoms. The van der Waals surface area contributed by atoms with Crippen LogP contribution in [0.3, 0.4) is 0 Å². The Kier molecular flexibility index (Phi) is 9.60. The number of hydrogen-bond donors (Lipinski definition) is 2. The summed E-state index contributed by atoms with van der Waals surface area (Å²) in [5.41, 5.74) is 5.56. The maximum Gasteiger partial charge on any atom is 0.257 e. The minimum atomic E-state index is -0.393. The number of halogens is 1. The monoisotopic (exact) mass is 563 g/mol. The molecule has 0 saturated heterocycles. The molecular weight excluding hydrogens is 538 g/mol. The molecule has 2 N–H and O–H groups in total. The van der Waals surface area contributed by atoms with E-state index in [0.29, 0.717) is 45.3 Å². The summed E-state index contributed by atoms with van der Waals surface area (Å²) in [4.78, 5) is 24.8. The molecule has 4 aromatic rings. The molecule has 200 valence electrons. The first kappa shape index (κ1) is 27.7. The Morgan fingerprint density at radius 3 is 2.64 bits per heavy atom. The number of hydrogen-bond acceptors (Lipinski definition) is 8. The number of hydrazone groups is 1. The zero-order chi connectivity index (χ0) is 27.6. The summed E-state index contributed by atoms with van der Waals surface area (Å²) < 4.78 is 11.5. The van der Waals surface area contributed by atoms with Crippen LogP contribution in [0.4, 0.5) is 5.13 Å². The van der Waals surface area contributed by atoms with Gasteiger partial charge in [0.2, 0.25) is 11.0 Å². The van der Waals surface area contributed by atoms with Crippen LogP contribution < -0.4 is 20.2 Å². The molecular formula is C28H26ClN5O4S. The van der Waals surface area contributed by atoms with E-state index in [-0.39, 0.29) is 12.3 Å². The molecule has 0 aliphatic carbocycles. The Morgan fingerprint density at radius 1 is 1.00 bits per heavy atom. The predicted molar refractivity (Wildman–Crippen MR) is 152 cm³/mol. The number of rotatable bonds is 11. The van der Waals surface area contributed by atoms with Gasteiger partial charge < -0.3 is 9.47 Å². The SMILES string of the molecule is Cc1cccc(OCCOc2ccc(Cl)cc2/C=N\NC(=O)Cc2nnc(NC(=O)c3ccccc3C)s2)c1. The lowest BCUT2D eigenvalue weighted by atomic mass is 10.1. The van der Waals surface area contributed by atoms with E-state index >= 15 is 0 Å². The van der Waals surface area contributed by atoms with E-state index in [0.717, 1.165) is 28.2 Å². The quantitative estimate of drug-likeness (QED) is 0.147. The predicted octanol–water partition coefficient (Wildman–Crippen LogP) is 5.21. The summed E-state index contributed by atoms with van der Waals surface area (Å²) >= 11 is 7.25. The van der Waals surface area contributed by atoms with Crippen LogP contribution in [0.25, 0.3) is 0 Å². The number of ether oxygens (including phenoxy) is 2. The molecule has 0 spiro atoms. The van der Waals surface area contributed by atoms with E-state index in [4.69, 9.17) is 21.1 Å². The van der Waals surface area contributed by atoms with Gasteiger partial charge >= 0.3 is 0 Å². The average Bonchev–Trinajstić information content (AvgIpc) is 3.34. The topological polar surface area (TPSA) is 115 Å². The molecule has 1 heterocycles. The zero-order valence-electron chi connectivity index (χ0n) is 21.3. The minimum absolute atomic E-state index is 0.0511. The van der Waals surface area contributed by atoms with Gasteiger partial charge in [-0.1, -0.05) is 53.3 Å². The van der Waals surface area contributed by atoms with Gasteiger partial charge in [-0.25, -0.2) is 5.43 Å². The molecule has 0 radical (unpaired) electrons. The van der Waals surface area contributed by atoms with Gasteiger partial charge in [-0.3, -0.25) is 14.9 Å². The molecule has 0 aliphatic heterocycles. The van der Waals surface area contributed by atoms with Crippen molar-refractivity contribution in [1.82, 2.24) is 15.6 Å². The van der Waals surface area contributed by atoms with Gasteiger partial charge in [-0.2, -0.15) is 5.10 Å². The van der Waals surface area contributed by atoms with Gasteiger partial charge in [0.25, 0.3) is 5.91 Å². The van der Waals surface area contributed by atoms with Gasteiger partial charge in [-0.15, -0.1) is 10.2 Å². The average molecular weight is 564 g/mol. The van der Waals surface area contributed by atoms with Gasteiger partial charge in [0, 0.05) is 16.1 Å². The van der Waals surface area contributed by atoms with E-state index in [1.54, 1.807) is 30.3 Å². The molecule has 11 heteroatoms. The number of amides is 2. The van der Waals surface area contributed by atoms with Crippen molar-refractivity contribution in [2.45, 2.75) is 20.3 Å². The van der Waals surface area contributed by atoms with Crippen LogP contribution in [0.2, 0.25) is 5.02 Å². The molecule has 3 aromatic carbocycles. The molecule has 0 fully saturated rings. The first-order chi connectivity index (χ1) is 18.9. The first-order valence-corrected chi connectivity index (χ1v) is 13.2. The van der Waals surface area contributed by atoms with E-state index in [1.807, 2.05) is 50.2 Å². The van der Waals surface area contributed by atoms with Crippen LogP contribution in [0.5, 0.6) is 11.5 Å². The van der Waals surface area contributed by atoms with Crippen LogP contribution in [0, 0.1) is 13.8 Å². The van der Waals surface area contributed by atoms with E-state index in [1.165, 1.54) is 6.21 Å². The van der Waals surface area contributed by atoms with Crippen molar-refractivity contribution < 1.29 is 19.1 Å². The van der Waals surface area contributed by atoms with Gasteiger partial charge in [-0.05, 0) is 61.4 Å². The second-order valence-corrected chi connectivity index (χ2v) is 9.93.